The van der Waals surface area contributed by atoms with Crippen molar-refractivity contribution in [3.63, 3.8) is 0 Å². The minimum atomic E-state index is 0.113. The molecule has 0 spiro atoms. The fraction of sp³-hybridized carbons (Fsp3) is 0.294. The van der Waals surface area contributed by atoms with E-state index in [2.05, 4.69) is 47.3 Å². The highest BCUT2D eigenvalue weighted by atomic mass is 16.1. The first kappa shape index (κ1) is 13.8. The Bertz CT molecular complexity index is 738. The highest BCUT2D eigenvalue weighted by molar-refractivity contribution is 6.07. The lowest BCUT2D eigenvalue weighted by Gasteiger charge is -2.09. The van der Waals surface area contributed by atoms with E-state index in [9.17, 15) is 4.79 Å². The van der Waals surface area contributed by atoms with E-state index >= 15 is 0 Å². The zero-order valence-electron chi connectivity index (χ0n) is 12.4. The van der Waals surface area contributed by atoms with E-state index in [-0.39, 0.29) is 5.78 Å². The lowest BCUT2D eigenvalue weighted by atomic mass is 10.0. The summed E-state index contributed by atoms with van der Waals surface area (Å²) >= 11 is 0. The summed E-state index contributed by atoms with van der Waals surface area (Å²) in [6.07, 6.45) is 6.79. The lowest BCUT2D eigenvalue weighted by molar-refractivity contribution is -0.113. The van der Waals surface area contributed by atoms with Gasteiger partial charge in [0.2, 0.25) is 0 Å². The van der Waals surface area contributed by atoms with Gasteiger partial charge in [-0.25, -0.2) is 0 Å². The summed E-state index contributed by atoms with van der Waals surface area (Å²) in [5.41, 5.74) is 4.18. The number of H-pyrrole nitrogens is 1. The summed E-state index contributed by atoms with van der Waals surface area (Å²) in [7, 11) is 4.15. The maximum atomic E-state index is 11.5. The fourth-order valence-electron chi connectivity index (χ4n) is 2.53. The van der Waals surface area contributed by atoms with Crippen LogP contribution in [-0.2, 0) is 11.2 Å². The molecule has 1 aromatic carbocycles. The number of allylic oxidation sites excluding steroid dienone is 1. The van der Waals surface area contributed by atoms with E-state index in [1.807, 2.05) is 6.07 Å². The van der Waals surface area contributed by atoms with Crippen LogP contribution in [0, 0.1) is 0 Å². The maximum absolute atomic E-state index is 11.5. The van der Waals surface area contributed by atoms with Crippen LogP contribution in [0.1, 0.15) is 17.5 Å². The van der Waals surface area contributed by atoms with Crippen LogP contribution >= 0.6 is 0 Å². The van der Waals surface area contributed by atoms with E-state index in [0.29, 0.717) is 6.42 Å². The van der Waals surface area contributed by atoms with Crippen molar-refractivity contribution in [2.75, 3.05) is 20.6 Å². The van der Waals surface area contributed by atoms with Crippen LogP contribution in [0.2, 0.25) is 0 Å². The molecule has 4 nitrogen and oxygen atoms in total. The molecule has 2 heterocycles. The third-order valence-corrected chi connectivity index (χ3v) is 3.71. The number of ketones is 1. The van der Waals surface area contributed by atoms with Crippen molar-refractivity contribution in [3.05, 3.63) is 41.6 Å². The van der Waals surface area contributed by atoms with E-state index in [1.54, 1.807) is 12.3 Å². The van der Waals surface area contributed by atoms with Gasteiger partial charge >= 0.3 is 0 Å². The number of hydrogen-bond donors (Lipinski definition) is 1. The molecule has 1 aliphatic heterocycles. The zero-order valence-corrected chi connectivity index (χ0v) is 12.4. The number of aromatic amines is 1. The molecule has 3 rings (SSSR count). The zero-order chi connectivity index (χ0) is 14.8. The molecule has 0 bridgehead atoms. The normalized spacial score (nSPS) is 15.0. The van der Waals surface area contributed by atoms with Crippen LogP contribution in [0.15, 0.2) is 35.5 Å². The van der Waals surface area contributed by atoms with Gasteiger partial charge in [0.1, 0.15) is 0 Å². The molecule has 4 heteroatoms. The molecule has 0 saturated carbocycles. The number of benzene rings is 1. The van der Waals surface area contributed by atoms with Crippen LogP contribution in [0.5, 0.6) is 0 Å². The topological polar surface area (TPSA) is 48.5 Å². The minimum absolute atomic E-state index is 0.113. The van der Waals surface area contributed by atoms with Crippen molar-refractivity contribution in [3.8, 4) is 0 Å². The van der Waals surface area contributed by atoms with Gasteiger partial charge in [-0.3, -0.25) is 9.79 Å². The summed E-state index contributed by atoms with van der Waals surface area (Å²) < 4.78 is 0. The lowest BCUT2D eigenvalue weighted by Crippen LogP contribution is -2.14. The first-order valence-corrected chi connectivity index (χ1v) is 7.15. The fourth-order valence-corrected chi connectivity index (χ4v) is 2.53. The third-order valence-electron chi connectivity index (χ3n) is 3.71. The molecule has 21 heavy (non-hydrogen) atoms. The summed E-state index contributed by atoms with van der Waals surface area (Å²) in [5, 5.41) is 1.21. The quantitative estimate of drug-likeness (QED) is 0.936. The SMILES string of the molecule is CN(C)CCc1c[nH]c2ccc(C3=CC(=O)CC=N3)cc12. The Morgan fingerprint density at radius 3 is 2.95 bits per heavy atom. The van der Waals surface area contributed by atoms with Crippen molar-refractivity contribution in [2.45, 2.75) is 12.8 Å². The molecule has 1 aliphatic rings. The van der Waals surface area contributed by atoms with E-state index in [4.69, 9.17) is 0 Å². The molecule has 1 aromatic heterocycles. The Morgan fingerprint density at radius 1 is 1.33 bits per heavy atom. The van der Waals surface area contributed by atoms with Gasteiger partial charge < -0.3 is 9.88 Å². The van der Waals surface area contributed by atoms with E-state index in [1.165, 1.54) is 10.9 Å². The molecule has 0 fully saturated rings. The smallest absolute Gasteiger partial charge is 0.163 e. The second kappa shape index (κ2) is 5.66. The molecule has 1 N–H and O–H groups in total. The summed E-state index contributed by atoms with van der Waals surface area (Å²) in [5.74, 6) is 0.113. The first-order chi connectivity index (χ1) is 10.1. The van der Waals surface area contributed by atoms with Gasteiger partial charge in [0.05, 0.1) is 5.70 Å². The van der Waals surface area contributed by atoms with Crippen LogP contribution in [0.4, 0.5) is 0 Å². The third kappa shape index (κ3) is 2.95. The van der Waals surface area contributed by atoms with Gasteiger partial charge in [0.25, 0.3) is 0 Å². The monoisotopic (exact) mass is 281 g/mol. The second-order valence-corrected chi connectivity index (χ2v) is 5.64. The van der Waals surface area contributed by atoms with Crippen molar-refractivity contribution in [1.82, 2.24) is 9.88 Å². The molecule has 0 radical (unpaired) electrons. The molecule has 0 unspecified atom stereocenters. The van der Waals surface area contributed by atoms with Gasteiger partial charge in [-0.05, 0) is 38.2 Å². The largest absolute Gasteiger partial charge is 0.361 e. The number of aliphatic imine (C=N–C) groups is 1. The van der Waals surface area contributed by atoms with Crippen molar-refractivity contribution < 1.29 is 4.79 Å². The Labute approximate surface area is 124 Å². The van der Waals surface area contributed by atoms with Gasteiger partial charge in [0, 0.05) is 47.9 Å². The van der Waals surface area contributed by atoms with Crippen molar-refractivity contribution in [1.29, 1.82) is 0 Å². The van der Waals surface area contributed by atoms with Gasteiger partial charge in [0.15, 0.2) is 5.78 Å². The molecule has 108 valence electrons. The molecular formula is C17H19N3O. The number of likely N-dealkylation sites (N-methyl/N-ethyl adjacent to an activating group) is 1. The number of nitrogens with one attached hydrogen (secondary N) is 1. The van der Waals surface area contributed by atoms with Crippen molar-refractivity contribution >= 4 is 28.6 Å². The van der Waals surface area contributed by atoms with Crippen LogP contribution in [-0.4, -0.2) is 42.5 Å². The molecule has 0 saturated heterocycles. The second-order valence-electron chi connectivity index (χ2n) is 5.64. The number of aromatic nitrogens is 1. The minimum Gasteiger partial charge on any atom is -0.361 e. The Balaban J connectivity index is 1.97. The Kier molecular flexibility index (Phi) is 3.71. The first-order valence-electron chi connectivity index (χ1n) is 7.15. The number of carbonyl (C=O) groups is 1. The predicted octanol–water partition coefficient (Wildman–Crippen LogP) is 2.66. The van der Waals surface area contributed by atoms with Gasteiger partial charge in [-0.1, -0.05) is 6.07 Å². The van der Waals surface area contributed by atoms with E-state index < -0.39 is 0 Å². The van der Waals surface area contributed by atoms with Gasteiger partial charge in [-0.15, -0.1) is 0 Å². The highest BCUT2D eigenvalue weighted by Crippen LogP contribution is 2.25. The molecule has 2 aromatic rings. The van der Waals surface area contributed by atoms with E-state index in [0.717, 1.165) is 29.7 Å². The number of carbonyl (C=O) groups excluding carboxylic acids is 1. The molecule has 0 amide bonds. The Morgan fingerprint density at radius 2 is 2.19 bits per heavy atom. The maximum Gasteiger partial charge on any atom is 0.163 e. The average molecular weight is 281 g/mol. The van der Waals surface area contributed by atoms with Crippen LogP contribution in [0.3, 0.4) is 0 Å². The number of hydrogen-bond acceptors (Lipinski definition) is 3. The molecule has 0 aliphatic carbocycles. The summed E-state index contributed by atoms with van der Waals surface area (Å²) in [4.78, 5) is 21.4. The standard InChI is InChI=1S/C17H19N3O/c1-20(2)8-6-13-11-19-16-4-3-12(9-15(13)16)17-10-14(21)5-7-18-17/h3-4,7,9-11,19H,5-6,8H2,1-2H3. The average Bonchev–Trinajstić information content (AvgIpc) is 2.87. The Hall–Kier alpha value is -2.20. The summed E-state index contributed by atoms with van der Waals surface area (Å²) in [6.45, 7) is 1.01. The van der Waals surface area contributed by atoms with Crippen LogP contribution in [0.25, 0.3) is 16.6 Å². The molecule has 0 atom stereocenters. The number of nitrogens with zero attached hydrogens (tertiary/aromatic N) is 2. The summed E-state index contributed by atoms with van der Waals surface area (Å²) in [6, 6.07) is 6.19. The van der Waals surface area contributed by atoms with Crippen molar-refractivity contribution in [2.24, 2.45) is 4.99 Å². The highest BCUT2D eigenvalue weighted by Gasteiger charge is 2.10. The number of fused-ring (bicyclic) bond motifs is 1. The van der Waals surface area contributed by atoms with Crippen LogP contribution < -0.4 is 0 Å². The van der Waals surface area contributed by atoms with Gasteiger partial charge in [-0.2, -0.15) is 0 Å². The molecular weight excluding hydrogens is 262 g/mol. The predicted molar refractivity (Wildman–Crippen MR) is 86.6 cm³/mol. The number of rotatable bonds is 4.